The summed E-state index contributed by atoms with van der Waals surface area (Å²) in [6, 6.07) is 12.0. The van der Waals surface area contributed by atoms with Crippen LogP contribution in [0.3, 0.4) is 0 Å². The topological polar surface area (TPSA) is 35.5 Å². The molecular formula is C18H20O3. The summed E-state index contributed by atoms with van der Waals surface area (Å²) in [4.78, 5) is 13.1. The molecule has 0 aliphatic heterocycles. The largest absolute Gasteiger partial charge is 0.380 e. The molecule has 0 saturated heterocycles. The van der Waals surface area contributed by atoms with Crippen molar-refractivity contribution in [3.8, 4) is 0 Å². The van der Waals surface area contributed by atoms with Gasteiger partial charge in [0, 0.05) is 18.8 Å². The van der Waals surface area contributed by atoms with Crippen LogP contribution in [0.2, 0.25) is 0 Å². The number of ketones is 1. The molecule has 0 heterocycles. The lowest BCUT2D eigenvalue weighted by Crippen LogP contribution is -2.42. The molecule has 3 rings (SSSR count). The van der Waals surface area contributed by atoms with E-state index in [0.717, 1.165) is 21.9 Å². The van der Waals surface area contributed by atoms with Crippen molar-refractivity contribution in [2.75, 3.05) is 26.4 Å². The first-order valence-corrected chi connectivity index (χ1v) is 7.47. The van der Waals surface area contributed by atoms with Gasteiger partial charge in [0.15, 0.2) is 5.78 Å². The molecule has 3 heteroatoms. The molecule has 0 radical (unpaired) electrons. The maximum atomic E-state index is 13.1. The minimum Gasteiger partial charge on any atom is -0.380 e. The fraction of sp³-hybridized carbons (Fsp3) is 0.389. The summed E-state index contributed by atoms with van der Waals surface area (Å²) in [5.74, 6) is 0.121. The molecule has 0 aromatic heterocycles. The van der Waals surface area contributed by atoms with Crippen molar-refractivity contribution in [3.63, 3.8) is 0 Å². The third-order valence-corrected chi connectivity index (χ3v) is 4.20. The molecule has 0 bridgehead atoms. The van der Waals surface area contributed by atoms with Crippen LogP contribution < -0.4 is 0 Å². The van der Waals surface area contributed by atoms with Crippen molar-refractivity contribution < 1.29 is 14.3 Å². The van der Waals surface area contributed by atoms with E-state index in [1.165, 1.54) is 0 Å². The van der Waals surface area contributed by atoms with E-state index in [4.69, 9.17) is 9.47 Å². The third kappa shape index (κ3) is 2.08. The number of hydrogen-bond acceptors (Lipinski definition) is 3. The highest BCUT2D eigenvalue weighted by Crippen LogP contribution is 2.43. The third-order valence-electron chi connectivity index (χ3n) is 4.20. The van der Waals surface area contributed by atoms with Gasteiger partial charge in [0.05, 0.1) is 13.2 Å². The average Bonchev–Trinajstić information content (AvgIpc) is 2.76. The first-order chi connectivity index (χ1) is 10.2. The summed E-state index contributed by atoms with van der Waals surface area (Å²) < 4.78 is 11.3. The number of carbonyl (C=O) groups excluding carboxylic acids is 1. The lowest BCUT2D eigenvalue weighted by atomic mass is 9.81. The van der Waals surface area contributed by atoms with Gasteiger partial charge < -0.3 is 9.47 Å². The van der Waals surface area contributed by atoms with Crippen molar-refractivity contribution in [2.24, 2.45) is 0 Å². The molecule has 0 amide bonds. The second-order valence-corrected chi connectivity index (χ2v) is 5.39. The first-order valence-electron chi connectivity index (χ1n) is 7.47. The highest BCUT2D eigenvalue weighted by atomic mass is 16.5. The van der Waals surface area contributed by atoms with Crippen molar-refractivity contribution in [1.82, 2.24) is 0 Å². The number of Topliss-reactive ketones (excluding diaryl/α,β-unsaturated/α-hetero) is 1. The number of rotatable bonds is 6. The summed E-state index contributed by atoms with van der Waals surface area (Å²) in [7, 11) is 0. The van der Waals surface area contributed by atoms with Crippen molar-refractivity contribution in [2.45, 2.75) is 19.3 Å². The molecule has 1 aliphatic rings. The van der Waals surface area contributed by atoms with Crippen LogP contribution in [0.1, 0.15) is 29.8 Å². The SMILES string of the molecule is CCOCC1(COCC)C(=O)c2cccc3cccc1c23. The normalized spacial score (nSPS) is 15.8. The zero-order valence-electron chi connectivity index (χ0n) is 12.5. The Morgan fingerprint density at radius 2 is 1.57 bits per heavy atom. The van der Waals surface area contributed by atoms with Gasteiger partial charge in [0.2, 0.25) is 0 Å². The summed E-state index contributed by atoms with van der Waals surface area (Å²) in [5.41, 5.74) is 1.14. The standard InChI is InChI=1S/C18H20O3/c1-3-20-11-18(12-21-4-2)15-10-6-8-13-7-5-9-14(16(13)15)17(18)19/h5-10H,3-4,11-12H2,1-2H3. The Morgan fingerprint density at radius 1 is 0.952 bits per heavy atom. The minimum atomic E-state index is -0.699. The highest BCUT2D eigenvalue weighted by molar-refractivity contribution is 6.20. The summed E-state index contributed by atoms with van der Waals surface area (Å²) in [6.07, 6.45) is 0. The maximum Gasteiger partial charge on any atom is 0.178 e. The summed E-state index contributed by atoms with van der Waals surface area (Å²) in [5, 5.41) is 2.16. The Labute approximate surface area is 124 Å². The summed E-state index contributed by atoms with van der Waals surface area (Å²) in [6.45, 7) is 5.82. The van der Waals surface area contributed by atoms with Crippen LogP contribution in [0.15, 0.2) is 36.4 Å². The zero-order chi connectivity index (χ0) is 14.9. The van der Waals surface area contributed by atoms with Crippen LogP contribution in [0, 0.1) is 0 Å². The lowest BCUT2D eigenvalue weighted by Gasteiger charge is -2.28. The smallest absolute Gasteiger partial charge is 0.178 e. The Hall–Kier alpha value is -1.71. The molecule has 0 atom stereocenters. The monoisotopic (exact) mass is 284 g/mol. The van der Waals surface area contributed by atoms with E-state index >= 15 is 0 Å². The number of benzene rings is 2. The summed E-state index contributed by atoms with van der Waals surface area (Å²) >= 11 is 0. The van der Waals surface area contributed by atoms with E-state index in [9.17, 15) is 4.79 Å². The Kier molecular flexibility index (Phi) is 3.79. The molecule has 0 N–H and O–H groups in total. The fourth-order valence-corrected chi connectivity index (χ4v) is 3.19. The zero-order valence-corrected chi connectivity index (χ0v) is 12.5. The van der Waals surface area contributed by atoms with Crippen molar-refractivity contribution >= 4 is 16.6 Å². The van der Waals surface area contributed by atoms with Crippen LogP contribution in [-0.4, -0.2) is 32.2 Å². The molecule has 3 nitrogen and oxygen atoms in total. The van der Waals surface area contributed by atoms with Gasteiger partial charge in [0.25, 0.3) is 0 Å². The Morgan fingerprint density at radius 3 is 2.19 bits per heavy atom. The molecular weight excluding hydrogens is 264 g/mol. The molecule has 110 valence electrons. The predicted octanol–water partition coefficient (Wildman–Crippen LogP) is 3.35. The molecule has 21 heavy (non-hydrogen) atoms. The van der Waals surface area contributed by atoms with E-state index < -0.39 is 5.41 Å². The second-order valence-electron chi connectivity index (χ2n) is 5.39. The minimum absolute atomic E-state index is 0.121. The molecule has 0 spiro atoms. The molecule has 0 fully saturated rings. The van der Waals surface area contributed by atoms with Crippen LogP contribution in [0.4, 0.5) is 0 Å². The molecule has 0 unspecified atom stereocenters. The number of carbonyl (C=O) groups is 1. The average molecular weight is 284 g/mol. The van der Waals surface area contributed by atoms with Crippen LogP contribution >= 0.6 is 0 Å². The highest BCUT2D eigenvalue weighted by Gasteiger charge is 2.47. The Balaban J connectivity index is 2.18. The number of hydrogen-bond donors (Lipinski definition) is 0. The van der Waals surface area contributed by atoms with Gasteiger partial charge in [-0.1, -0.05) is 36.4 Å². The van der Waals surface area contributed by atoms with Gasteiger partial charge in [-0.3, -0.25) is 4.79 Å². The second kappa shape index (κ2) is 5.58. The van der Waals surface area contributed by atoms with Gasteiger partial charge in [-0.15, -0.1) is 0 Å². The van der Waals surface area contributed by atoms with E-state index in [-0.39, 0.29) is 5.78 Å². The van der Waals surface area contributed by atoms with Crippen molar-refractivity contribution in [1.29, 1.82) is 0 Å². The van der Waals surface area contributed by atoms with Gasteiger partial charge in [0.1, 0.15) is 5.41 Å². The van der Waals surface area contributed by atoms with Crippen LogP contribution in [-0.2, 0) is 14.9 Å². The van der Waals surface area contributed by atoms with Gasteiger partial charge >= 0.3 is 0 Å². The molecule has 2 aromatic carbocycles. The van der Waals surface area contributed by atoms with Gasteiger partial charge in [-0.2, -0.15) is 0 Å². The van der Waals surface area contributed by atoms with Crippen LogP contribution in [0.5, 0.6) is 0 Å². The van der Waals surface area contributed by atoms with E-state index in [1.807, 2.05) is 50.2 Å². The Bertz CT molecular complexity index is 662. The van der Waals surface area contributed by atoms with Crippen molar-refractivity contribution in [3.05, 3.63) is 47.5 Å². The maximum absolute atomic E-state index is 13.1. The van der Waals surface area contributed by atoms with Gasteiger partial charge in [-0.25, -0.2) is 0 Å². The predicted molar refractivity (Wildman–Crippen MR) is 82.9 cm³/mol. The quantitative estimate of drug-likeness (QED) is 0.816. The number of ether oxygens (including phenoxy) is 2. The van der Waals surface area contributed by atoms with E-state index in [1.54, 1.807) is 0 Å². The van der Waals surface area contributed by atoms with Crippen LogP contribution in [0.25, 0.3) is 10.8 Å². The first kappa shape index (κ1) is 14.2. The van der Waals surface area contributed by atoms with E-state index in [2.05, 4.69) is 0 Å². The van der Waals surface area contributed by atoms with E-state index in [0.29, 0.717) is 26.4 Å². The molecule has 0 saturated carbocycles. The van der Waals surface area contributed by atoms with Gasteiger partial charge in [-0.05, 0) is 30.2 Å². The molecule has 2 aromatic rings. The lowest BCUT2D eigenvalue weighted by molar-refractivity contribution is 0.0277. The molecule has 1 aliphatic carbocycles. The fourth-order valence-electron chi connectivity index (χ4n) is 3.19.